The predicted octanol–water partition coefficient (Wildman–Crippen LogP) is 2.49. The van der Waals surface area contributed by atoms with Crippen molar-refractivity contribution in [2.75, 3.05) is 25.0 Å². The number of carbonyl (C=O) groups is 1. The van der Waals surface area contributed by atoms with Gasteiger partial charge in [-0.1, -0.05) is 11.3 Å². The third-order valence-electron chi connectivity index (χ3n) is 2.79. The van der Waals surface area contributed by atoms with Crippen LogP contribution in [0.4, 0.5) is 9.93 Å². The van der Waals surface area contributed by atoms with Crippen molar-refractivity contribution in [1.29, 1.82) is 0 Å². The van der Waals surface area contributed by atoms with Crippen LogP contribution in [0.15, 0.2) is 30.5 Å². The molecule has 0 aliphatic carbocycles. The number of phenols is 1. The number of urea groups is 1. The van der Waals surface area contributed by atoms with Crippen LogP contribution in [0.3, 0.4) is 0 Å². The van der Waals surface area contributed by atoms with Gasteiger partial charge in [-0.25, -0.2) is 9.78 Å². The van der Waals surface area contributed by atoms with Crippen LogP contribution in [0.2, 0.25) is 0 Å². The zero-order chi connectivity index (χ0) is 15.9. The average molecular weight is 323 g/mol. The number of ether oxygens (including phenoxy) is 1. The molecule has 7 nitrogen and oxygen atoms in total. The SMILES string of the molecule is CCN(CCO)C(=O)Nc1ncc(Oc2ccc(O)cc2)s1. The lowest BCUT2D eigenvalue weighted by atomic mass is 10.3. The number of rotatable bonds is 6. The smallest absolute Gasteiger partial charge is 0.323 e. The molecule has 0 atom stereocenters. The molecular formula is C14H17N3O4S. The Hall–Kier alpha value is -2.32. The zero-order valence-corrected chi connectivity index (χ0v) is 12.8. The normalized spacial score (nSPS) is 10.3. The first kappa shape index (κ1) is 16.1. The minimum atomic E-state index is -0.318. The number of phenolic OH excluding ortho intramolecular Hbond substituents is 1. The van der Waals surface area contributed by atoms with Crippen LogP contribution in [-0.2, 0) is 0 Å². The number of anilines is 1. The Kier molecular flexibility index (Phi) is 5.56. The molecule has 8 heteroatoms. The van der Waals surface area contributed by atoms with Crippen molar-refractivity contribution >= 4 is 22.5 Å². The van der Waals surface area contributed by atoms with E-state index in [0.717, 1.165) is 0 Å². The van der Waals surface area contributed by atoms with Crippen molar-refractivity contribution in [3.05, 3.63) is 30.5 Å². The van der Waals surface area contributed by atoms with Gasteiger partial charge in [0.2, 0.25) is 5.06 Å². The van der Waals surface area contributed by atoms with Crippen molar-refractivity contribution in [2.45, 2.75) is 6.92 Å². The highest BCUT2D eigenvalue weighted by molar-refractivity contribution is 7.17. The minimum absolute atomic E-state index is 0.0889. The largest absolute Gasteiger partial charge is 0.508 e. The molecule has 0 unspecified atom stereocenters. The molecule has 118 valence electrons. The summed E-state index contributed by atoms with van der Waals surface area (Å²) in [5.74, 6) is 0.725. The fraction of sp³-hybridized carbons (Fsp3) is 0.286. The second kappa shape index (κ2) is 7.62. The summed E-state index contributed by atoms with van der Waals surface area (Å²) in [4.78, 5) is 17.5. The number of hydrogen-bond donors (Lipinski definition) is 3. The molecule has 0 spiro atoms. The number of hydrogen-bond acceptors (Lipinski definition) is 6. The number of likely N-dealkylation sites (N-methyl/N-ethyl adjacent to an activating group) is 1. The lowest BCUT2D eigenvalue weighted by molar-refractivity contribution is 0.192. The van der Waals surface area contributed by atoms with Crippen LogP contribution < -0.4 is 10.1 Å². The summed E-state index contributed by atoms with van der Waals surface area (Å²) in [5.41, 5.74) is 0. The van der Waals surface area contributed by atoms with Crippen LogP contribution in [0, 0.1) is 0 Å². The van der Waals surface area contributed by atoms with E-state index in [9.17, 15) is 9.90 Å². The Morgan fingerprint density at radius 3 is 2.77 bits per heavy atom. The molecule has 2 aromatic rings. The number of carbonyl (C=O) groups excluding carboxylic acids is 1. The molecule has 0 aliphatic rings. The van der Waals surface area contributed by atoms with Crippen molar-refractivity contribution < 1.29 is 19.7 Å². The number of nitrogens with one attached hydrogen (secondary N) is 1. The molecule has 1 aromatic carbocycles. The second-order valence-electron chi connectivity index (χ2n) is 4.31. The van der Waals surface area contributed by atoms with E-state index in [1.54, 1.807) is 12.1 Å². The van der Waals surface area contributed by atoms with E-state index in [4.69, 9.17) is 9.84 Å². The van der Waals surface area contributed by atoms with Gasteiger partial charge in [0.05, 0.1) is 12.8 Å². The van der Waals surface area contributed by atoms with E-state index in [1.165, 1.54) is 34.6 Å². The molecule has 0 fully saturated rings. The lowest BCUT2D eigenvalue weighted by Gasteiger charge is -2.18. The van der Waals surface area contributed by atoms with E-state index in [1.807, 2.05) is 6.92 Å². The fourth-order valence-corrected chi connectivity index (χ4v) is 2.37. The van der Waals surface area contributed by atoms with Gasteiger partial charge in [-0.05, 0) is 31.2 Å². The Morgan fingerprint density at radius 2 is 2.14 bits per heavy atom. The van der Waals surface area contributed by atoms with Crippen molar-refractivity contribution in [3.8, 4) is 16.6 Å². The van der Waals surface area contributed by atoms with Gasteiger partial charge >= 0.3 is 6.03 Å². The van der Waals surface area contributed by atoms with Crippen molar-refractivity contribution in [1.82, 2.24) is 9.88 Å². The molecule has 22 heavy (non-hydrogen) atoms. The van der Waals surface area contributed by atoms with Gasteiger partial charge in [-0.15, -0.1) is 0 Å². The van der Waals surface area contributed by atoms with Gasteiger partial charge in [-0.2, -0.15) is 0 Å². The number of amides is 2. The molecule has 0 saturated heterocycles. The van der Waals surface area contributed by atoms with E-state index in [-0.39, 0.29) is 24.9 Å². The third kappa shape index (κ3) is 4.34. The monoisotopic (exact) mass is 323 g/mol. The second-order valence-corrected chi connectivity index (χ2v) is 5.31. The summed E-state index contributed by atoms with van der Waals surface area (Å²) in [6.45, 7) is 2.50. The summed E-state index contributed by atoms with van der Waals surface area (Å²) in [6.07, 6.45) is 1.51. The fourth-order valence-electron chi connectivity index (χ4n) is 1.69. The summed E-state index contributed by atoms with van der Waals surface area (Å²) in [5, 5.41) is 21.7. The maximum atomic E-state index is 11.9. The Morgan fingerprint density at radius 1 is 1.41 bits per heavy atom. The van der Waals surface area contributed by atoms with Crippen molar-refractivity contribution in [2.24, 2.45) is 0 Å². The molecule has 0 saturated carbocycles. The van der Waals surface area contributed by atoms with E-state index >= 15 is 0 Å². The van der Waals surface area contributed by atoms with Gasteiger partial charge in [0.1, 0.15) is 11.5 Å². The van der Waals surface area contributed by atoms with Crippen LogP contribution in [0.25, 0.3) is 0 Å². The standard InChI is InChI=1S/C14H17N3O4S/c1-2-17(7-8-18)14(20)16-13-15-9-12(22-13)21-11-5-3-10(19)4-6-11/h3-6,9,18-19H,2,7-8H2,1H3,(H,15,16,20). The van der Waals surface area contributed by atoms with Crippen LogP contribution in [0.1, 0.15) is 6.92 Å². The van der Waals surface area contributed by atoms with Crippen LogP contribution in [-0.4, -0.2) is 45.8 Å². The van der Waals surface area contributed by atoms with E-state index < -0.39 is 0 Å². The zero-order valence-electron chi connectivity index (χ0n) is 12.0. The molecule has 2 rings (SSSR count). The van der Waals surface area contributed by atoms with Gasteiger partial charge in [0.25, 0.3) is 0 Å². The highest BCUT2D eigenvalue weighted by Crippen LogP contribution is 2.30. The first-order chi connectivity index (χ1) is 10.6. The molecule has 1 heterocycles. The quantitative estimate of drug-likeness (QED) is 0.759. The van der Waals surface area contributed by atoms with Gasteiger partial charge in [0, 0.05) is 13.1 Å². The topological polar surface area (TPSA) is 94.9 Å². The van der Waals surface area contributed by atoms with Gasteiger partial charge in [0.15, 0.2) is 5.13 Å². The number of aliphatic hydroxyl groups is 1. The molecule has 2 amide bonds. The summed E-state index contributed by atoms with van der Waals surface area (Å²) < 4.78 is 5.57. The molecule has 1 aromatic heterocycles. The first-order valence-electron chi connectivity index (χ1n) is 6.72. The van der Waals surface area contributed by atoms with Crippen LogP contribution >= 0.6 is 11.3 Å². The predicted molar refractivity (Wildman–Crippen MR) is 83.6 cm³/mol. The number of aromatic nitrogens is 1. The number of aromatic hydroxyl groups is 1. The molecule has 0 radical (unpaired) electrons. The first-order valence-corrected chi connectivity index (χ1v) is 7.53. The number of benzene rings is 1. The molecule has 3 N–H and O–H groups in total. The third-order valence-corrected chi connectivity index (χ3v) is 3.58. The van der Waals surface area contributed by atoms with E-state index in [2.05, 4.69) is 10.3 Å². The summed E-state index contributed by atoms with van der Waals surface area (Å²) in [7, 11) is 0. The highest BCUT2D eigenvalue weighted by Gasteiger charge is 2.13. The lowest BCUT2D eigenvalue weighted by Crippen LogP contribution is -2.36. The summed E-state index contributed by atoms with van der Waals surface area (Å²) >= 11 is 1.19. The maximum Gasteiger partial charge on any atom is 0.323 e. The molecule has 0 bridgehead atoms. The average Bonchev–Trinajstić information content (AvgIpc) is 2.94. The van der Waals surface area contributed by atoms with Gasteiger partial charge < -0.3 is 19.8 Å². The van der Waals surface area contributed by atoms with Crippen LogP contribution in [0.5, 0.6) is 16.6 Å². The summed E-state index contributed by atoms with van der Waals surface area (Å²) in [6, 6.07) is 5.99. The number of thiazole rings is 1. The van der Waals surface area contributed by atoms with E-state index in [0.29, 0.717) is 22.5 Å². The Balaban J connectivity index is 1.96. The molecule has 0 aliphatic heterocycles. The highest BCUT2D eigenvalue weighted by atomic mass is 32.1. The van der Waals surface area contributed by atoms with Crippen molar-refractivity contribution in [3.63, 3.8) is 0 Å². The van der Waals surface area contributed by atoms with Gasteiger partial charge in [-0.3, -0.25) is 5.32 Å². The minimum Gasteiger partial charge on any atom is -0.508 e. The molecular weight excluding hydrogens is 306 g/mol. The Labute approximate surface area is 131 Å². The number of aliphatic hydroxyl groups excluding tert-OH is 1. The Bertz CT molecular complexity index is 615. The maximum absolute atomic E-state index is 11.9. The number of nitrogens with zero attached hydrogens (tertiary/aromatic N) is 2.